The summed E-state index contributed by atoms with van der Waals surface area (Å²) in [6.07, 6.45) is 4.73. The third kappa shape index (κ3) is 4.13. The minimum Gasteiger partial charge on any atom is -0.350 e. The summed E-state index contributed by atoms with van der Waals surface area (Å²) in [5.74, 6) is -0.0300. The normalized spacial score (nSPS) is 11.0. The van der Waals surface area contributed by atoms with Gasteiger partial charge in [0, 0.05) is 18.4 Å². The van der Waals surface area contributed by atoms with E-state index in [9.17, 15) is 9.59 Å². The number of aromatic nitrogens is 4. The van der Waals surface area contributed by atoms with Gasteiger partial charge in [0.05, 0.1) is 6.54 Å². The van der Waals surface area contributed by atoms with E-state index in [1.807, 2.05) is 24.3 Å². The van der Waals surface area contributed by atoms with Crippen LogP contribution < -0.4 is 10.9 Å². The first-order valence-electron chi connectivity index (χ1n) is 8.90. The van der Waals surface area contributed by atoms with Gasteiger partial charge in [-0.15, -0.1) is 0 Å². The summed E-state index contributed by atoms with van der Waals surface area (Å²) < 4.78 is 3.14. The molecule has 0 atom stereocenters. The average Bonchev–Trinajstić information content (AvgIpc) is 3.15. The monoisotopic (exact) mass is 365 g/mol. The van der Waals surface area contributed by atoms with Crippen molar-refractivity contribution in [3.63, 3.8) is 0 Å². The van der Waals surface area contributed by atoms with Crippen LogP contribution in [-0.4, -0.2) is 31.8 Å². The Morgan fingerprint density at radius 3 is 2.78 bits per heavy atom. The fraction of sp³-hybridized carbons (Fsp3) is 0.300. The zero-order chi connectivity index (χ0) is 19.4. The molecule has 1 amide bonds. The molecular formula is C20H23N5O2. The summed E-state index contributed by atoms with van der Waals surface area (Å²) in [5, 5.41) is 6.77. The number of pyridine rings is 1. The number of hydrogen-bond donors (Lipinski definition) is 1. The Morgan fingerprint density at radius 1 is 1.26 bits per heavy atom. The first-order chi connectivity index (χ1) is 13.0. The first kappa shape index (κ1) is 18.6. The number of aryl methyl sites for hydroxylation is 1. The first-order valence-corrected chi connectivity index (χ1v) is 8.90. The lowest BCUT2D eigenvalue weighted by Gasteiger charge is -2.13. The molecule has 3 aromatic rings. The Balaban J connectivity index is 1.86. The number of carbonyl (C=O) groups excluding carboxylic acids is 1. The predicted molar refractivity (Wildman–Crippen MR) is 103 cm³/mol. The van der Waals surface area contributed by atoms with Crippen LogP contribution in [0.25, 0.3) is 5.69 Å². The predicted octanol–water partition coefficient (Wildman–Crippen LogP) is 2.29. The van der Waals surface area contributed by atoms with Crippen LogP contribution in [0.2, 0.25) is 0 Å². The number of amides is 1. The zero-order valence-electron chi connectivity index (χ0n) is 15.7. The van der Waals surface area contributed by atoms with Gasteiger partial charge in [0.1, 0.15) is 18.2 Å². The molecule has 3 rings (SSSR count). The molecule has 0 aliphatic rings. The minimum atomic E-state index is -0.382. The van der Waals surface area contributed by atoms with Crippen LogP contribution in [0.3, 0.4) is 0 Å². The van der Waals surface area contributed by atoms with Gasteiger partial charge in [0.15, 0.2) is 0 Å². The van der Waals surface area contributed by atoms with Crippen LogP contribution in [0.5, 0.6) is 0 Å². The molecule has 7 nitrogen and oxygen atoms in total. The molecule has 0 unspecified atom stereocenters. The molecule has 0 saturated heterocycles. The summed E-state index contributed by atoms with van der Waals surface area (Å²) in [7, 11) is 0. The lowest BCUT2D eigenvalue weighted by atomic mass is 10.0. The number of nitrogens with zero attached hydrogens (tertiary/aromatic N) is 4. The SMILES string of the molecule is Cc1ccn(-c2cccc(C(C)C)c2)c(=O)c1C(=O)NCCn1cncn1. The van der Waals surface area contributed by atoms with Crippen molar-refractivity contribution in [2.45, 2.75) is 33.2 Å². The van der Waals surface area contributed by atoms with E-state index in [0.29, 0.717) is 24.6 Å². The Hall–Kier alpha value is -3.22. The van der Waals surface area contributed by atoms with Gasteiger partial charge in [-0.05, 0) is 42.2 Å². The minimum absolute atomic E-state index is 0.158. The van der Waals surface area contributed by atoms with Gasteiger partial charge in [0.2, 0.25) is 0 Å². The Kier molecular flexibility index (Phi) is 5.49. The molecule has 140 valence electrons. The maximum absolute atomic E-state index is 13.0. The molecule has 0 bridgehead atoms. The van der Waals surface area contributed by atoms with Gasteiger partial charge in [-0.1, -0.05) is 26.0 Å². The van der Waals surface area contributed by atoms with Crippen LogP contribution in [0.4, 0.5) is 0 Å². The summed E-state index contributed by atoms with van der Waals surface area (Å²) in [4.78, 5) is 29.4. The van der Waals surface area contributed by atoms with E-state index in [-0.39, 0.29) is 17.0 Å². The summed E-state index contributed by atoms with van der Waals surface area (Å²) in [5.41, 5.74) is 2.37. The third-order valence-electron chi connectivity index (χ3n) is 4.44. The van der Waals surface area contributed by atoms with E-state index in [1.54, 1.807) is 30.2 Å². The molecule has 1 N–H and O–H groups in total. The molecule has 7 heteroatoms. The van der Waals surface area contributed by atoms with Crippen LogP contribution >= 0.6 is 0 Å². The molecule has 0 fully saturated rings. The van der Waals surface area contributed by atoms with E-state index in [2.05, 4.69) is 29.2 Å². The van der Waals surface area contributed by atoms with Crippen molar-refractivity contribution >= 4 is 5.91 Å². The lowest BCUT2D eigenvalue weighted by molar-refractivity contribution is 0.0949. The van der Waals surface area contributed by atoms with Gasteiger partial charge in [0.25, 0.3) is 11.5 Å². The fourth-order valence-electron chi connectivity index (χ4n) is 2.86. The molecular weight excluding hydrogens is 342 g/mol. The molecule has 2 heterocycles. The zero-order valence-corrected chi connectivity index (χ0v) is 15.7. The van der Waals surface area contributed by atoms with E-state index < -0.39 is 0 Å². The number of benzene rings is 1. The van der Waals surface area contributed by atoms with E-state index in [0.717, 1.165) is 11.3 Å². The Morgan fingerprint density at radius 2 is 2.07 bits per heavy atom. The Labute approximate surface area is 157 Å². The van der Waals surface area contributed by atoms with Crippen LogP contribution in [0.1, 0.15) is 41.3 Å². The fourth-order valence-corrected chi connectivity index (χ4v) is 2.86. The molecule has 2 aromatic heterocycles. The second kappa shape index (κ2) is 7.99. The van der Waals surface area contributed by atoms with Crippen LogP contribution in [-0.2, 0) is 6.54 Å². The second-order valence-corrected chi connectivity index (χ2v) is 6.71. The maximum atomic E-state index is 13.0. The highest BCUT2D eigenvalue weighted by molar-refractivity contribution is 5.95. The molecule has 1 aromatic carbocycles. The second-order valence-electron chi connectivity index (χ2n) is 6.71. The number of nitrogens with one attached hydrogen (secondary N) is 1. The van der Waals surface area contributed by atoms with Gasteiger partial charge < -0.3 is 5.32 Å². The van der Waals surface area contributed by atoms with Gasteiger partial charge in [-0.3, -0.25) is 18.8 Å². The molecule has 0 aliphatic carbocycles. The standard InChI is InChI=1S/C20H23N5O2/c1-14(2)16-5-4-6-17(11-16)25-9-7-15(3)18(20(25)27)19(26)22-8-10-24-13-21-12-23-24/h4-7,9,11-14H,8,10H2,1-3H3,(H,22,26). The quantitative estimate of drug-likeness (QED) is 0.727. The van der Waals surface area contributed by atoms with Crippen molar-refractivity contribution < 1.29 is 4.79 Å². The van der Waals surface area contributed by atoms with E-state index >= 15 is 0 Å². The maximum Gasteiger partial charge on any atom is 0.268 e. The van der Waals surface area contributed by atoms with E-state index in [4.69, 9.17) is 0 Å². The van der Waals surface area contributed by atoms with Crippen molar-refractivity contribution in [2.24, 2.45) is 0 Å². The smallest absolute Gasteiger partial charge is 0.268 e. The number of hydrogen-bond acceptors (Lipinski definition) is 4. The number of carbonyl (C=O) groups is 1. The summed E-state index contributed by atoms with van der Waals surface area (Å²) >= 11 is 0. The van der Waals surface area contributed by atoms with Crippen molar-refractivity contribution in [1.82, 2.24) is 24.6 Å². The van der Waals surface area contributed by atoms with Crippen molar-refractivity contribution in [2.75, 3.05) is 6.54 Å². The third-order valence-corrected chi connectivity index (χ3v) is 4.44. The molecule has 27 heavy (non-hydrogen) atoms. The summed E-state index contributed by atoms with van der Waals surface area (Å²) in [6, 6.07) is 9.60. The largest absolute Gasteiger partial charge is 0.350 e. The summed E-state index contributed by atoms with van der Waals surface area (Å²) in [6.45, 7) is 6.82. The average molecular weight is 365 g/mol. The highest BCUT2D eigenvalue weighted by Crippen LogP contribution is 2.17. The van der Waals surface area contributed by atoms with Crippen LogP contribution in [0.15, 0.2) is 54.0 Å². The highest BCUT2D eigenvalue weighted by atomic mass is 16.2. The van der Waals surface area contributed by atoms with E-state index in [1.165, 1.54) is 10.9 Å². The van der Waals surface area contributed by atoms with Crippen molar-refractivity contribution in [3.05, 3.63) is 76.2 Å². The topological polar surface area (TPSA) is 81.8 Å². The van der Waals surface area contributed by atoms with Crippen molar-refractivity contribution in [3.8, 4) is 5.69 Å². The molecule has 0 spiro atoms. The number of rotatable bonds is 6. The van der Waals surface area contributed by atoms with Crippen molar-refractivity contribution in [1.29, 1.82) is 0 Å². The van der Waals surface area contributed by atoms with Gasteiger partial charge >= 0.3 is 0 Å². The van der Waals surface area contributed by atoms with Gasteiger partial charge in [-0.25, -0.2) is 4.98 Å². The molecule has 0 saturated carbocycles. The molecule has 0 radical (unpaired) electrons. The Bertz CT molecular complexity index is 990. The highest BCUT2D eigenvalue weighted by Gasteiger charge is 2.16. The van der Waals surface area contributed by atoms with Crippen LogP contribution in [0, 0.1) is 6.92 Å². The lowest BCUT2D eigenvalue weighted by Crippen LogP contribution is -2.35. The van der Waals surface area contributed by atoms with Gasteiger partial charge in [-0.2, -0.15) is 5.10 Å². The molecule has 0 aliphatic heterocycles.